The highest BCUT2D eigenvalue weighted by molar-refractivity contribution is 7.93. The summed E-state index contributed by atoms with van der Waals surface area (Å²) in [7, 11) is -3.26. The van der Waals surface area contributed by atoms with Crippen LogP contribution < -0.4 is 4.72 Å². The summed E-state index contributed by atoms with van der Waals surface area (Å²) in [5.41, 5.74) is 0.602. The van der Waals surface area contributed by atoms with Crippen LogP contribution in [0, 0.1) is 0 Å². The van der Waals surface area contributed by atoms with Gasteiger partial charge in [0, 0.05) is 6.20 Å². The van der Waals surface area contributed by atoms with Crippen LogP contribution in [0.1, 0.15) is 23.3 Å². The third-order valence-electron chi connectivity index (χ3n) is 2.13. The predicted molar refractivity (Wildman–Crippen MR) is 55.2 cm³/mol. The Morgan fingerprint density at radius 2 is 2.20 bits per heavy atom. The molecule has 1 N–H and O–H groups in total. The molecule has 15 heavy (non-hydrogen) atoms. The van der Waals surface area contributed by atoms with Gasteiger partial charge in [0.2, 0.25) is 10.0 Å². The van der Waals surface area contributed by atoms with Gasteiger partial charge in [-0.25, -0.2) is 8.42 Å². The van der Waals surface area contributed by atoms with Crippen molar-refractivity contribution in [1.29, 1.82) is 0 Å². The van der Waals surface area contributed by atoms with Crippen molar-refractivity contribution in [2.45, 2.75) is 18.1 Å². The maximum atomic E-state index is 11.5. The first-order valence-corrected chi connectivity index (χ1v) is 6.09. The number of hydrogen-bond acceptors (Lipinski definition) is 4. The van der Waals surface area contributed by atoms with E-state index in [0.717, 1.165) is 0 Å². The number of carbonyl (C=O) groups is 1. The summed E-state index contributed by atoms with van der Waals surface area (Å²) in [6.07, 6.45) is 3.39. The Hall–Kier alpha value is -1.43. The Morgan fingerprint density at radius 1 is 1.47 bits per heavy atom. The predicted octanol–water partition coefficient (Wildman–Crippen LogP) is 0.798. The summed E-state index contributed by atoms with van der Waals surface area (Å²) in [6, 6.07) is 2.93. The standard InChI is InChI=1S/C9H10N2O3S/c12-6-8-5-7(3-4-10-8)11-15(13,14)9-1-2-9/h3-6,9H,1-2H2,(H,10,11). The summed E-state index contributed by atoms with van der Waals surface area (Å²) in [6.45, 7) is 0. The van der Waals surface area contributed by atoms with E-state index in [9.17, 15) is 13.2 Å². The third kappa shape index (κ3) is 2.33. The molecule has 1 heterocycles. The van der Waals surface area contributed by atoms with Gasteiger partial charge in [-0.05, 0) is 25.0 Å². The Labute approximate surface area is 87.6 Å². The molecule has 0 unspecified atom stereocenters. The van der Waals surface area contributed by atoms with Gasteiger partial charge in [0.15, 0.2) is 6.29 Å². The fourth-order valence-corrected chi connectivity index (χ4v) is 2.58. The zero-order valence-corrected chi connectivity index (χ0v) is 8.70. The quantitative estimate of drug-likeness (QED) is 0.770. The van der Waals surface area contributed by atoms with Crippen molar-refractivity contribution in [3.8, 4) is 0 Å². The second-order valence-corrected chi connectivity index (χ2v) is 5.39. The number of sulfonamides is 1. The SMILES string of the molecule is O=Cc1cc(NS(=O)(=O)C2CC2)ccn1. The van der Waals surface area contributed by atoms with Crippen molar-refractivity contribution >= 4 is 22.0 Å². The van der Waals surface area contributed by atoms with Gasteiger partial charge in [-0.3, -0.25) is 14.5 Å². The number of aldehydes is 1. The second kappa shape index (κ2) is 3.62. The van der Waals surface area contributed by atoms with Crippen molar-refractivity contribution in [2.24, 2.45) is 0 Å². The van der Waals surface area contributed by atoms with Crippen LogP contribution in [0.2, 0.25) is 0 Å². The van der Waals surface area contributed by atoms with Crippen molar-refractivity contribution in [2.75, 3.05) is 4.72 Å². The molecule has 2 rings (SSSR count). The first-order valence-electron chi connectivity index (χ1n) is 4.55. The van der Waals surface area contributed by atoms with Gasteiger partial charge in [0.05, 0.1) is 10.9 Å². The van der Waals surface area contributed by atoms with Crippen LogP contribution >= 0.6 is 0 Å². The number of anilines is 1. The molecule has 0 aromatic carbocycles. The Kier molecular flexibility index (Phi) is 2.44. The van der Waals surface area contributed by atoms with E-state index in [1.807, 2.05) is 0 Å². The zero-order chi connectivity index (χ0) is 10.9. The van der Waals surface area contributed by atoms with Crippen molar-refractivity contribution in [1.82, 2.24) is 4.98 Å². The topological polar surface area (TPSA) is 76.1 Å². The molecule has 0 aliphatic heterocycles. The Morgan fingerprint density at radius 3 is 2.80 bits per heavy atom. The second-order valence-electron chi connectivity index (χ2n) is 3.43. The van der Waals surface area contributed by atoms with Crippen LogP contribution in [0.15, 0.2) is 18.3 Å². The number of nitrogens with zero attached hydrogens (tertiary/aromatic N) is 1. The van der Waals surface area contributed by atoms with E-state index < -0.39 is 10.0 Å². The molecular weight excluding hydrogens is 216 g/mol. The number of nitrogens with one attached hydrogen (secondary N) is 1. The molecule has 80 valence electrons. The normalized spacial score (nSPS) is 16.0. The molecular formula is C9H10N2O3S. The zero-order valence-electron chi connectivity index (χ0n) is 7.88. The highest BCUT2D eigenvalue weighted by Crippen LogP contribution is 2.29. The minimum absolute atomic E-state index is 0.214. The summed E-state index contributed by atoms with van der Waals surface area (Å²) < 4.78 is 25.5. The van der Waals surface area contributed by atoms with E-state index in [1.165, 1.54) is 18.3 Å². The molecule has 0 bridgehead atoms. The van der Waals surface area contributed by atoms with Gasteiger partial charge in [0.25, 0.3) is 0 Å². The fraction of sp³-hybridized carbons (Fsp3) is 0.333. The van der Waals surface area contributed by atoms with E-state index in [0.29, 0.717) is 24.8 Å². The first-order chi connectivity index (χ1) is 7.12. The van der Waals surface area contributed by atoms with Crippen LogP contribution in [0.25, 0.3) is 0 Å². The van der Waals surface area contributed by atoms with Crippen LogP contribution in [-0.2, 0) is 10.0 Å². The van der Waals surface area contributed by atoms with Crippen LogP contribution in [0.5, 0.6) is 0 Å². The molecule has 0 amide bonds. The number of carbonyl (C=O) groups excluding carboxylic acids is 1. The van der Waals surface area contributed by atoms with Crippen LogP contribution in [0.4, 0.5) is 5.69 Å². The van der Waals surface area contributed by atoms with E-state index in [2.05, 4.69) is 9.71 Å². The molecule has 1 aromatic rings. The summed E-state index contributed by atoms with van der Waals surface area (Å²) in [5, 5.41) is -0.273. The first kappa shape index (κ1) is 10.1. The highest BCUT2D eigenvalue weighted by atomic mass is 32.2. The van der Waals surface area contributed by atoms with Gasteiger partial charge in [-0.1, -0.05) is 0 Å². The molecule has 1 fully saturated rings. The third-order valence-corrected chi connectivity index (χ3v) is 3.99. The lowest BCUT2D eigenvalue weighted by Gasteiger charge is -2.06. The average molecular weight is 226 g/mol. The Balaban J connectivity index is 2.20. The smallest absolute Gasteiger partial charge is 0.235 e. The number of hydrogen-bond donors (Lipinski definition) is 1. The van der Waals surface area contributed by atoms with Crippen molar-refractivity contribution in [3.63, 3.8) is 0 Å². The van der Waals surface area contributed by atoms with Gasteiger partial charge in [-0.15, -0.1) is 0 Å². The highest BCUT2D eigenvalue weighted by Gasteiger charge is 2.35. The molecule has 6 heteroatoms. The van der Waals surface area contributed by atoms with Gasteiger partial charge < -0.3 is 0 Å². The maximum absolute atomic E-state index is 11.5. The minimum Gasteiger partial charge on any atom is -0.296 e. The Bertz CT molecular complexity index is 480. The van der Waals surface area contributed by atoms with E-state index in [1.54, 1.807) is 0 Å². The molecule has 0 saturated heterocycles. The maximum Gasteiger partial charge on any atom is 0.235 e. The molecule has 0 radical (unpaired) electrons. The van der Waals surface area contributed by atoms with Crippen molar-refractivity contribution in [3.05, 3.63) is 24.0 Å². The number of pyridine rings is 1. The number of aromatic nitrogens is 1. The minimum atomic E-state index is -3.26. The summed E-state index contributed by atoms with van der Waals surface area (Å²) in [5.74, 6) is 0. The lowest BCUT2D eigenvalue weighted by molar-refractivity contribution is 0.111. The van der Waals surface area contributed by atoms with Gasteiger partial charge in [0.1, 0.15) is 5.69 Å². The van der Waals surface area contributed by atoms with Gasteiger partial charge in [-0.2, -0.15) is 0 Å². The molecule has 5 nitrogen and oxygen atoms in total. The average Bonchev–Trinajstić information content (AvgIpc) is 3.00. The lowest BCUT2D eigenvalue weighted by atomic mass is 10.3. The lowest BCUT2D eigenvalue weighted by Crippen LogP contribution is -2.17. The monoisotopic (exact) mass is 226 g/mol. The fourth-order valence-electron chi connectivity index (χ4n) is 1.20. The van der Waals surface area contributed by atoms with E-state index in [-0.39, 0.29) is 10.9 Å². The van der Waals surface area contributed by atoms with Crippen LogP contribution in [0.3, 0.4) is 0 Å². The van der Waals surface area contributed by atoms with E-state index >= 15 is 0 Å². The summed E-state index contributed by atoms with van der Waals surface area (Å²) >= 11 is 0. The van der Waals surface area contributed by atoms with E-state index in [4.69, 9.17) is 0 Å². The molecule has 1 saturated carbocycles. The summed E-state index contributed by atoms with van der Waals surface area (Å²) in [4.78, 5) is 14.2. The number of rotatable bonds is 4. The molecule has 0 spiro atoms. The largest absolute Gasteiger partial charge is 0.296 e. The van der Waals surface area contributed by atoms with Crippen LogP contribution in [-0.4, -0.2) is 24.9 Å². The molecule has 1 aliphatic carbocycles. The molecule has 1 aliphatic rings. The molecule has 0 atom stereocenters. The van der Waals surface area contributed by atoms with Crippen molar-refractivity contribution < 1.29 is 13.2 Å². The molecule has 1 aromatic heterocycles. The van der Waals surface area contributed by atoms with Gasteiger partial charge >= 0.3 is 0 Å².